The van der Waals surface area contributed by atoms with E-state index < -0.39 is 0 Å². The van der Waals surface area contributed by atoms with Gasteiger partial charge in [0.25, 0.3) is 5.91 Å². The van der Waals surface area contributed by atoms with Gasteiger partial charge in [0, 0.05) is 11.0 Å². The van der Waals surface area contributed by atoms with Crippen molar-refractivity contribution < 1.29 is 9.53 Å². The van der Waals surface area contributed by atoms with Gasteiger partial charge in [0.1, 0.15) is 11.6 Å². The smallest absolute Gasteiger partial charge is 0.258 e. The van der Waals surface area contributed by atoms with Crippen LogP contribution in [0.25, 0.3) is 11.0 Å². The Morgan fingerprint density at radius 2 is 1.69 bits per heavy atom. The number of ether oxygens (including phenoxy) is 1. The number of rotatable bonds is 7. The minimum absolute atomic E-state index is 0.0308. The van der Waals surface area contributed by atoms with Crippen molar-refractivity contribution in [1.82, 2.24) is 14.9 Å². The van der Waals surface area contributed by atoms with Crippen LogP contribution in [-0.4, -0.2) is 22.1 Å². The number of carbonyl (C=O) groups is 1. The van der Waals surface area contributed by atoms with Gasteiger partial charge in [-0.1, -0.05) is 58.4 Å². The summed E-state index contributed by atoms with van der Waals surface area (Å²) in [6.45, 7) is 0.985. The van der Waals surface area contributed by atoms with Gasteiger partial charge >= 0.3 is 0 Å². The molecule has 0 spiro atoms. The number of imidazole rings is 1. The van der Waals surface area contributed by atoms with Crippen LogP contribution in [-0.2, 0) is 17.9 Å². The Hall–Kier alpha value is -3.12. The number of benzene rings is 3. The van der Waals surface area contributed by atoms with E-state index in [9.17, 15) is 4.79 Å². The van der Waals surface area contributed by atoms with E-state index in [1.54, 1.807) is 0 Å². The maximum Gasteiger partial charge on any atom is 0.258 e. The topological polar surface area (TPSA) is 56.1 Å². The molecule has 0 saturated heterocycles. The van der Waals surface area contributed by atoms with Crippen molar-refractivity contribution in [2.75, 3.05) is 6.61 Å². The molecule has 3 aromatic carbocycles. The molecule has 0 unspecified atom stereocenters. The summed E-state index contributed by atoms with van der Waals surface area (Å²) in [6.07, 6.45) is 0. The summed E-state index contributed by atoms with van der Waals surface area (Å²) in [4.78, 5) is 16.9. The summed E-state index contributed by atoms with van der Waals surface area (Å²) in [5.41, 5.74) is 3.12. The highest BCUT2D eigenvalue weighted by Crippen LogP contribution is 2.19. The third-order valence-electron chi connectivity index (χ3n) is 4.54. The number of fused-ring (bicyclic) bond motifs is 1. The minimum Gasteiger partial charge on any atom is -0.484 e. The van der Waals surface area contributed by atoms with Crippen LogP contribution < -0.4 is 10.1 Å². The number of nitrogens with one attached hydrogen (secondary N) is 1. The van der Waals surface area contributed by atoms with Gasteiger partial charge in [-0.15, -0.1) is 0 Å². The van der Waals surface area contributed by atoms with Crippen molar-refractivity contribution in [3.8, 4) is 5.75 Å². The Labute approximate surface area is 177 Å². The van der Waals surface area contributed by atoms with Gasteiger partial charge in [-0.2, -0.15) is 0 Å². The second-order valence-corrected chi connectivity index (χ2v) is 7.52. The van der Waals surface area contributed by atoms with Gasteiger partial charge < -0.3 is 14.6 Å². The summed E-state index contributed by atoms with van der Waals surface area (Å²) < 4.78 is 8.69. The number of halogens is 1. The fourth-order valence-corrected chi connectivity index (χ4v) is 3.37. The Kier molecular flexibility index (Phi) is 5.91. The molecule has 6 heteroatoms. The van der Waals surface area contributed by atoms with Crippen LogP contribution in [0.4, 0.5) is 0 Å². The zero-order chi connectivity index (χ0) is 20.1. The SMILES string of the molecule is O=C(COc1ccccc1)NCc1nc2ccccc2n1Cc1ccc(Br)cc1. The molecule has 146 valence electrons. The molecule has 1 aromatic heterocycles. The second-order valence-electron chi connectivity index (χ2n) is 6.61. The molecule has 0 atom stereocenters. The number of hydrogen-bond donors (Lipinski definition) is 1. The second kappa shape index (κ2) is 8.92. The zero-order valence-electron chi connectivity index (χ0n) is 15.7. The first-order valence-corrected chi connectivity index (χ1v) is 10.1. The number of hydrogen-bond acceptors (Lipinski definition) is 3. The Balaban J connectivity index is 1.47. The summed E-state index contributed by atoms with van der Waals surface area (Å²) in [7, 11) is 0. The van der Waals surface area contributed by atoms with Crippen LogP contribution in [0.5, 0.6) is 5.75 Å². The predicted octanol–water partition coefficient (Wildman–Crippen LogP) is 4.54. The average Bonchev–Trinajstić information content (AvgIpc) is 3.10. The van der Waals surface area contributed by atoms with Crippen LogP contribution in [0.15, 0.2) is 83.3 Å². The Bertz CT molecular complexity index is 1110. The van der Waals surface area contributed by atoms with Crippen molar-refractivity contribution in [1.29, 1.82) is 0 Å². The first kappa shape index (κ1) is 19.2. The molecule has 4 rings (SSSR count). The molecule has 0 aliphatic carbocycles. The highest BCUT2D eigenvalue weighted by atomic mass is 79.9. The van der Waals surface area contributed by atoms with Crippen LogP contribution in [0.3, 0.4) is 0 Å². The van der Waals surface area contributed by atoms with Crippen molar-refractivity contribution in [3.63, 3.8) is 0 Å². The van der Waals surface area contributed by atoms with Crippen molar-refractivity contribution in [3.05, 3.63) is 94.7 Å². The summed E-state index contributed by atoms with van der Waals surface area (Å²) in [5, 5.41) is 2.91. The van der Waals surface area contributed by atoms with Crippen LogP contribution in [0, 0.1) is 0 Å². The van der Waals surface area contributed by atoms with Crippen molar-refractivity contribution in [2.24, 2.45) is 0 Å². The average molecular weight is 450 g/mol. The van der Waals surface area contributed by atoms with E-state index in [0.29, 0.717) is 18.8 Å². The molecule has 0 aliphatic rings. The normalized spacial score (nSPS) is 10.8. The summed E-state index contributed by atoms with van der Waals surface area (Å²) >= 11 is 3.47. The van der Waals surface area contributed by atoms with Crippen LogP contribution in [0.1, 0.15) is 11.4 Å². The van der Waals surface area contributed by atoms with E-state index in [1.807, 2.05) is 66.7 Å². The van der Waals surface area contributed by atoms with Gasteiger partial charge in [-0.3, -0.25) is 4.79 Å². The van der Waals surface area contributed by atoms with Gasteiger partial charge in [-0.05, 0) is 42.0 Å². The first-order valence-electron chi connectivity index (χ1n) is 9.32. The number of aromatic nitrogens is 2. The molecule has 0 bridgehead atoms. The van der Waals surface area contributed by atoms with E-state index in [-0.39, 0.29) is 12.5 Å². The maximum atomic E-state index is 12.2. The lowest BCUT2D eigenvalue weighted by Gasteiger charge is -2.11. The molecule has 1 heterocycles. The van der Waals surface area contributed by atoms with E-state index >= 15 is 0 Å². The molecule has 4 aromatic rings. The number of carbonyl (C=O) groups excluding carboxylic acids is 1. The van der Waals surface area contributed by atoms with E-state index in [2.05, 4.69) is 37.9 Å². The fraction of sp³-hybridized carbons (Fsp3) is 0.130. The number of para-hydroxylation sites is 3. The van der Waals surface area contributed by atoms with Crippen molar-refractivity contribution >= 4 is 32.9 Å². The molecule has 29 heavy (non-hydrogen) atoms. The molecule has 1 N–H and O–H groups in total. The third-order valence-corrected chi connectivity index (χ3v) is 5.07. The fourth-order valence-electron chi connectivity index (χ4n) is 3.10. The maximum absolute atomic E-state index is 12.2. The largest absolute Gasteiger partial charge is 0.484 e. The quantitative estimate of drug-likeness (QED) is 0.450. The Morgan fingerprint density at radius 1 is 0.966 bits per heavy atom. The highest BCUT2D eigenvalue weighted by Gasteiger charge is 2.12. The lowest BCUT2D eigenvalue weighted by atomic mass is 10.2. The van der Waals surface area contributed by atoms with Gasteiger partial charge in [0.2, 0.25) is 0 Å². The number of nitrogens with zero attached hydrogens (tertiary/aromatic N) is 2. The molecular weight excluding hydrogens is 430 g/mol. The molecule has 0 saturated carbocycles. The number of amides is 1. The lowest BCUT2D eigenvalue weighted by Crippen LogP contribution is -2.29. The molecule has 0 fully saturated rings. The molecule has 5 nitrogen and oxygen atoms in total. The predicted molar refractivity (Wildman–Crippen MR) is 117 cm³/mol. The zero-order valence-corrected chi connectivity index (χ0v) is 17.3. The third kappa shape index (κ3) is 4.84. The first-order chi connectivity index (χ1) is 14.2. The molecule has 1 amide bonds. The van der Waals surface area contributed by atoms with E-state index in [1.165, 1.54) is 0 Å². The molecular formula is C23H20BrN3O2. The summed E-state index contributed by atoms with van der Waals surface area (Å²) in [6, 6.07) is 25.5. The minimum atomic E-state index is -0.184. The van der Waals surface area contributed by atoms with Gasteiger partial charge in [0.15, 0.2) is 6.61 Å². The molecule has 0 radical (unpaired) electrons. The lowest BCUT2D eigenvalue weighted by molar-refractivity contribution is -0.123. The van der Waals surface area contributed by atoms with E-state index in [4.69, 9.17) is 9.72 Å². The monoisotopic (exact) mass is 449 g/mol. The van der Waals surface area contributed by atoms with E-state index in [0.717, 1.165) is 26.9 Å². The molecule has 0 aliphatic heterocycles. The van der Waals surface area contributed by atoms with Gasteiger partial charge in [0.05, 0.1) is 17.6 Å². The van der Waals surface area contributed by atoms with Crippen LogP contribution in [0.2, 0.25) is 0 Å². The van der Waals surface area contributed by atoms with Gasteiger partial charge in [-0.25, -0.2) is 4.98 Å². The summed E-state index contributed by atoms with van der Waals surface area (Å²) in [5.74, 6) is 1.29. The highest BCUT2D eigenvalue weighted by molar-refractivity contribution is 9.10. The standard InChI is InChI=1S/C23H20BrN3O2/c24-18-12-10-17(11-13-18)15-27-21-9-5-4-8-20(21)26-22(27)14-25-23(28)16-29-19-6-2-1-3-7-19/h1-13H,14-16H2,(H,25,28). The Morgan fingerprint density at radius 3 is 2.48 bits per heavy atom. The van der Waals surface area contributed by atoms with Crippen molar-refractivity contribution in [2.45, 2.75) is 13.1 Å². The van der Waals surface area contributed by atoms with Crippen LogP contribution >= 0.6 is 15.9 Å².